The molecule has 7 nitrogen and oxygen atoms in total. The molecule has 2 N–H and O–H groups in total. The molecule has 0 aromatic carbocycles. The predicted molar refractivity (Wildman–Crippen MR) is 101 cm³/mol. The van der Waals surface area contributed by atoms with E-state index in [1.807, 2.05) is 20.8 Å². The Morgan fingerprint density at radius 3 is 2.56 bits per heavy atom. The average molecular weight is 375 g/mol. The van der Waals surface area contributed by atoms with Crippen molar-refractivity contribution >= 4 is 16.0 Å². The molecule has 2 fully saturated rings. The minimum atomic E-state index is -3.24. The van der Waals surface area contributed by atoms with E-state index in [1.54, 1.807) is 0 Å². The van der Waals surface area contributed by atoms with E-state index >= 15 is 0 Å². The SMILES string of the molecule is CCNC(=NCCS(=O)(=O)N(CC)CC)NC1C2CCOC2C1(C)C. The van der Waals surface area contributed by atoms with Crippen molar-refractivity contribution in [2.75, 3.05) is 38.5 Å². The van der Waals surface area contributed by atoms with Gasteiger partial charge in [0.15, 0.2) is 5.96 Å². The van der Waals surface area contributed by atoms with Gasteiger partial charge in [0.2, 0.25) is 10.0 Å². The molecule has 0 amide bonds. The number of rotatable bonds is 8. The van der Waals surface area contributed by atoms with Crippen molar-refractivity contribution in [1.29, 1.82) is 0 Å². The number of fused-ring (bicyclic) bond motifs is 1. The number of nitrogens with zero attached hydrogens (tertiary/aromatic N) is 2. The third kappa shape index (κ3) is 4.28. The van der Waals surface area contributed by atoms with Crippen LogP contribution in [-0.2, 0) is 14.8 Å². The number of nitrogens with one attached hydrogen (secondary N) is 2. The van der Waals surface area contributed by atoms with Gasteiger partial charge in [-0.25, -0.2) is 12.7 Å². The van der Waals surface area contributed by atoms with E-state index < -0.39 is 10.0 Å². The van der Waals surface area contributed by atoms with Crippen LogP contribution in [0.4, 0.5) is 0 Å². The van der Waals surface area contributed by atoms with E-state index in [2.05, 4.69) is 29.5 Å². The van der Waals surface area contributed by atoms with Crippen LogP contribution in [-0.4, -0.2) is 69.4 Å². The van der Waals surface area contributed by atoms with Crippen molar-refractivity contribution in [1.82, 2.24) is 14.9 Å². The number of aliphatic imine (C=N–C) groups is 1. The van der Waals surface area contributed by atoms with Gasteiger partial charge >= 0.3 is 0 Å². The highest BCUT2D eigenvalue weighted by Crippen LogP contribution is 2.52. The summed E-state index contributed by atoms with van der Waals surface area (Å²) < 4.78 is 31.9. The lowest BCUT2D eigenvalue weighted by atomic mass is 9.57. The second-order valence-electron chi connectivity index (χ2n) is 7.35. The lowest BCUT2D eigenvalue weighted by Crippen LogP contribution is -2.68. The highest BCUT2D eigenvalue weighted by Gasteiger charge is 2.59. The zero-order chi connectivity index (χ0) is 18.7. The van der Waals surface area contributed by atoms with Crippen LogP contribution in [0, 0.1) is 11.3 Å². The van der Waals surface area contributed by atoms with Crippen molar-refractivity contribution in [2.24, 2.45) is 16.3 Å². The number of hydrogen-bond acceptors (Lipinski definition) is 4. The number of sulfonamides is 1. The van der Waals surface area contributed by atoms with Gasteiger partial charge in [-0.1, -0.05) is 27.7 Å². The summed E-state index contributed by atoms with van der Waals surface area (Å²) in [6.45, 7) is 13.0. The van der Waals surface area contributed by atoms with Crippen LogP contribution in [0.15, 0.2) is 4.99 Å². The fourth-order valence-corrected chi connectivity index (χ4v) is 5.47. The van der Waals surface area contributed by atoms with Crippen LogP contribution < -0.4 is 10.6 Å². The molecule has 1 aliphatic heterocycles. The first-order chi connectivity index (χ1) is 11.8. The maximum Gasteiger partial charge on any atom is 0.215 e. The molecule has 0 aromatic heterocycles. The number of ether oxygens (including phenoxy) is 1. The quantitative estimate of drug-likeness (QED) is 0.490. The Labute approximate surface area is 152 Å². The molecule has 2 rings (SSSR count). The third-order valence-corrected chi connectivity index (χ3v) is 7.46. The molecule has 25 heavy (non-hydrogen) atoms. The van der Waals surface area contributed by atoms with E-state index in [0.717, 1.165) is 19.6 Å². The van der Waals surface area contributed by atoms with Gasteiger partial charge in [0.1, 0.15) is 0 Å². The van der Waals surface area contributed by atoms with Crippen molar-refractivity contribution in [3.63, 3.8) is 0 Å². The Morgan fingerprint density at radius 1 is 1.28 bits per heavy atom. The standard InChI is InChI=1S/C17H34N4O3S/c1-6-18-16(19-10-12-25(22,23)21(7-2)8-3)20-14-13-9-11-24-15(13)17(14,4)5/h13-15H,6-12H2,1-5H3,(H2,18,19,20). The first kappa shape index (κ1) is 20.5. The first-order valence-electron chi connectivity index (χ1n) is 9.42. The molecule has 3 unspecified atom stereocenters. The molecule has 1 heterocycles. The van der Waals surface area contributed by atoms with Gasteiger partial charge in [-0.3, -0.25) is 4.99 Å². The van der Waals surface area contributed by atoms with Crippen LogP contribution >= 0.6 is 0 Å². The van der Waals surface area contributed by atoms with Gasteiger partial charge in [-0.2, -0.15) is 0 Å². The zero-order valence-corrected chi connectivity index (χ0v) is 17.0. The van der Waals surface area contributed by atoms with Gasteiger partial charge in [-0.05, 0) is 13.3 Å². The Bertz CT molecular complexity index is 572. The molecule has 1 aliphatic carbocycles. The van der Waals surface area contributed by atoms with Crippen molar-refractivity contribution in [3.05, 3.63) is 0 Å². The van der Waals surface area contributed by atoms with Crippen molar-refractivity contribution < 1.29 is 13.2 Å². The molecular weight excluding hydrogens is 340 g/mol. The smallest absolute Gasteiger partial charge is 0.215 e. The van der Waals surface area contributed by atoms with Crippen LogP contribution in [0.1, 0.15) is 41.0 Å². The monoisotopic (exact) mass is 374 g/mol. The molecule has 146 valence electrons. The molecule has 0 spiro atoms. The normalized spacial score (nSPS) is 28.6. The third-order valence-electron chi connectivity index (χ3n) is 5.45. The summed E-state index contributed by atoms with van der Waals surface area (Å²) >= 11 is 0. The first-order valence-corrected chi connectivity index (χ1v) is 11.0. The maximum absolute atomic E-state index is 12.3. The van der Waals surface area contributed by atoms with Gasteiger partial charge in [-0.15, -0.1) is 0 Å². The van der Waals surface area contributed by atoms with Gasteiger partial charge in [0.05, 0.1) is 18.4 Å². The number of guanidine groups is 1. The highest BCUT2D eigenvalue weighted by atomic mass is 32.2. The van der Waals surface area contributed by atoms with E-state index in [0.29, 0.717) is 37.1 Å². The van der Waals surface area contributed by atoms with Crippen LogP contribution in [0.3, 0.4) is 0 Å². The molecule has 1 saturated heterocycles. The molecular formula is C17H34N4O3S. The van der Waals surface area contributed by atoms with Crippen LogP contribution in [0.2, 0.25) is 0 Å². The number of hydrogen-bond donors (Lipinski definition) is 2. The van der Waals surface area contributed by atoms with E-state index in [4.69, 9.17) is 4.74 Å². The van der Waals surface area contributed by atoms with Gasteiger partial charge in [0, 0.05) is 43.6 Å². The summed E-state index contributed by atoms with van der Waals surface area (Å²) in [5, 5.41) is 6.74. The molecule has 0 radical (unpaired) electrons. The van der Waals surface area contributed by atoms with Gasteiger partial charge < -0.3 is 15.4 Å². The summed E-state index contributed by atoms with van der Waals surface area (Å²) in [4.78, 5) is 4.50. The maximum atomic E-state index is 12.3. The highest BCUT2D eigenvalue weighted by molar-refractivity contribution is 7.89. The molecule has 0 aromatic rings. The summed E-state index contributed by atoms with van der Waals surface area (Å²) in [6.07, 6.45) is 1.39. The summed E-state index contributed by atoms with van der Waals surface area (Å²) in [6, 6.07) is 0.303. The summed E-state index contributed by atoms with van der Waals surface area (Å²) in [5.41, 5.74) is 0.0602. The zero-order valence-electron chi connectivity index (χ0n) is 16.2. The Hall–Kier alpha value is -0.860. The Balaban J connectivity index is 1.97. The average Bonchev–Trinajstić information content (AvgIpc) is 3.00. The summed E-state index contributed by atoms with van der Waals surface area (Å²) in [7, 11) is -3.24. The lowest BCUT2D eigenvalue weighted by Gasteiger charge is -2.54. The topological polar surface area (TPSA) is 83.0 Å². The second kappa shape index (κ2) is 8.22. The van der Waals surface area contributed by atoms with E-state index in [1.165, 1.54) is 4.31 Å². The lowest BCUT2D eigenvalue weighted by molar-refractivity contribution is -0.106. The minimum absolute atomic E-state index is 0.0362. The Kier molecular flexibility index (Phi) is 6.73. The molecule has 2 aliphatic rings. The van der Waals surface area contributed by atoms with Crippen LogP contribution in [0.5, 0.6) is 0 Å². The van der Waals surface area contributed by atoms with Crippen molar-refractivity contribution in [3.8, 4) is 0 Å². The van der Waals surface area contributed by atoms with E-state index in [9.17, 15) is 8.42 Å². The Morgan fingerprint density at radius 2 is 1.96 bits per heavy atom. The summed E-state index contributed by atoms with van der Waals surface area (Å²) in [5.74, 6) is 1.24. The van der Waals surface area contributed by atoms with Crippen molar-refractivity contribution in [2.45, 2.75) is 53.2 Å². The second-order valence-corrected chi connectivity index (χ2v) is 9.44. The molecule has 3 atom stereocenters. The minimum Gasteiger partial charge on any atom is -0.377 e. The fourth-order valence-electron chi connectivity index (χ4n) is 4.10. The molecule has 0 bridgehead atoms. The fraction of sp³-hybridized carbons (Fsp3) is 0.941. The predicted octanol–water partition coefficient (Wildman–Crippen LogP) is 1.03. The largest absolute Gasteiger partial charge is 0.377 e. The molecule has 1 saturated carbocycles. The van der Waals surface area contributed by atoms with Crippen LogP contribution in [0.25, 0.3) is 0 Å². The van der Waals surface area contributed by atoms with Gasteiger partial charge in [0.25, 0.3) is 0 Å². The van der Waals surface area contributed by atoms with E-state index in [-0.39, 0.29) is 17.7 Å². The molecule has 8 heteroatoms.